The van der Waals surface area contributed by atoms with Gasteiger partial charge < -0.3 is 11.1 Å². The topological polar surface area (TPSA) is 149 Å². The number of nitrogens with one attached hydrogen (secondary N) is 1. The van der Waals surface area contributed by atoms with Crippen molar-refractivity contribution in [3.05, 3.63) is 95.2 Å². The molecule has 0 saturated carbocycles. The van der Waals surface area contributed by atoms with Crippen molar-refractivity contribution in [2.45, 2.75) is 24.3 Å². The van der Waals surface area contributed by atoms with Gasteiger partial charge in [-0.2, -0.15) is 4.98 Å². The molecule has 210 valence electrons. The van der Waals surface area contributed by atoms with E-state index in [0.29, 0.717) is 29.1 Å². The lowest BCUT2D eigenvalue weighted by atomic mass is 10.1. The van der Waals surface area contributed by atoms with E-state index in [1.165, 1.54) is 55.5 Å². The number of rotatable bonds is 8. The van der Waals surface area contributed by atoms with Gasteiger partial charge in [-0.3, -0.25) is 14.3 Å². The minimum atomic E-state index is -3.76. The standard InChI is InChI=1S/C28H27FN8O3S/c1-4-22(26-34-23-12-8-11-21(29)24(23)27(38)37(26)18-9-6-5-7-10-18)33-25-20(16-32-28(30)35-25)17-13-19(15-31-14-17)41(39,40)36(2)3/h5-16,22H,4H2,1-3H3,(H3,30,32,33,35). The Morgan fingerprint density at radius 3 is 2.51 bits per heavy atom. The molecular weight excluding hydrogens is 547 g/mol. The Bertz CT molecular complexity index is 1910. The number of pyridine rings is 1. The maximum Gasteiger partial charge on any atom is 0.269 e. The minimum absolute atomic E-state index is 0.00837. The lowest BCUT2D eigenvalue weighted by Gasteiger charge is -2.23. The maximum atomic E-state index is 14.8. The molecule has 3 N–H and O–H groups in total. The number of sulfonamides is 1. The van der Waals surface area contributed by atoms with Crippen molar-refractivity contribution in [1.82, 2.24) is 28.8 Å². The third kappa shape index (κ3) is 5.24. The summed E-state index contributed by atoms with van der Waals surface area (Å²) in [5, 5.41) is 3.20. The highest BCUT2D eigenvalue weighted by atomic mass is 32.2. The van der Waals surface area contributed by atoms with E-state index < -0.39 is 27.4 Å². The summed E-state index contributed by atoms with van der Waals surface area (Å²) in [4.78, 5) is 31.0. The van der Waals surface area contributed by atoms with Gasteiger partial charge in [-0.25, -0.2) is 27.1 Å². The molecule has 41 heavy (non-hydrogen) atoms. The number of benzene rings is 2. The molecule has 0 aliphatic carbocycles. The summed E-state index contributed by atoms with van der Waals surface area (Å²) < 4.78 is 42.8. The molecular formula is C28H27FN8O3S. The number of para-hydroxylation sites is 1. The molecule has 0 spiro atoms. The molecule has 0 radical (unpaired) electrons. The second-order valence-electron chi connectivity index (χ2n) is 9.37. The zero-order chi connectivity index (χ0) is 29.3. The number of aromatic nitrogens is 5. The molecule has 0 saturated heterocycles. The van der Waals surface area contributed by atoms with Crippen LogP contribution < -0.4 is 16.6 Å². The second-order valence-corrected chi connectivity index (χ2v) is 11.5. The smallest absolute Gasteiger partial charge is 0.269 e. The first-order valence-electron chi connectivity index (χ1n) is 12.7. The fourth-order valence-electron chi connectivity index (χ4n) is 4.42. The lowest BCUT2D eigenvalue weighted by molar-refractivity contribution is 0.520. The number of nitrogens with zero attached hydrogens (tertiary/aromatic N) is 6. The first-order chi connectivity index (χ1) is 19.6. The van der Waals surface area contributed by atoms with Gasteiger partial charge in [0.15, 0.2) is 0 Å². The van der Waals surface area contributed by atoms with Crippen molar-refractivity contribution in [2.24, 2.45) is 0 Å². The second kappa shape index (κ2) is 11.0. The third-order valence-corrected chi connectivity index (χ3v) is 8.31. The van der Waals surface area contributed by atoms with Crippen LogP contribution >= 0.6 is 0 Å². The van der Waals surface area contributed by atoms with Crippen molar-refractivity contribution in [2.75, 3.05) is 25.1 Å². The molecule has 3 aromatic heterocycles. The number of fused-ring (bicyclic) bond motifs is 1. The van der Waals surface area contributed by atoms with Crippen LogP contribution in [-0.4, -0.2) is 51.3 Å². The van der Waals surface area contributed by atoms with Crippen molar-refractivity contribution < 1.29 is 12.8 Å². The Kier molecular flexibility index (Phi) is 7.47. The number of anilines is 2. The summed E-state index contributed by atoms with van der Waals surface area (Å²) in [7, 11) is -0.893. The van der Waals surface area contributed by atoms with Gasteiger partial charge in [0, 0.05) is 43.8 Å². The van der Waals surface area contributed by atoms with Crippen LogP contribution in [-0.2, 0) is 10.0 Å². The van der Waals surface area contributed by atoms with Gasteiger partial charge in [-0.1, -0.05) is 31.2 Å². The Morgan fingerprint density at radius 2 is 1.80 bits per heavy atom. The molecule has 3 heterocycles. The molecule has 1 atom stereocenters. The largest absolute Gasteiger partial charge is 0.368 e. The van der Waals surface area contributed by atoms with E-state index in [0.717, 1.165) is 4.31 Å². The van der Waals surface area contributed by atoms with Crippen LogP contribution in [0.15, 0.2) is 82.9 Å². The van der Waals surface area contributed by atoms with Crippen molar-refractivity contribution in [3.63, 3.8) is 0 Å². The van der Waals surface area contributed by atoms with Gasteiger partial charge in [0.05, 0.1) is 17.2 Å². The number of nitrogen functional groups attached to an aromatic ring is 1. The van der Waals surface area contributed by atoms with Crippen LogP contribution in [0.5, 0.6) is 0 Å². The number of halogens is 1. The van der Waals surface area contributed by atoms with Crippen LogP contribution in [0.3, 0.4) is 0 Å². The van der Waals surface area contributed by atoms with E-state index in [2.05, 4.69) is 20.3 Å². The minimum Gasteiger partial charge on any atom is -0.368 e. The first kappa shape index (κ1) is 27.8. The fourth-order valence-corrected chi connectivity index (χ4v) is 5.31. The van der Waals surface area contributed by atoms with Crippen LogP contribution in [0.1, 0.15) is 25.2 Å². The average Bonchev–Trinajstić information content (AvgIpc) is 2.96. The number of hydrogen-bond acceptors (Lipinski definition) is 9. The van der Waals surface area contributed by atoms with E-state index >= 15 is 0 Å². The van der Waals surface area contributed by atoms with Gasteiger partial charge >= 0.3 is 0 Å². The Morgan fingerprint density at radius 1 is 1.05 bits per heavy atom. The highest BCUT2D eigenvalue weighted by molar-refractivity contribution is 7.89. The van der Waals surface area contributed by atoms with Crippen molar-refractivity contribution in [1.29, 1.82) is 0 Å². The highest BCUT2D eigenvalue weighted by Gasteiger charge is 2.24. The summed E-state index contributed by atoms with van der Waals surface area (Å²) in [6.07, 6.45) is 4.66. The van der Waals surface area contributed by atoms with Gasteiger partial charge in [0.25, 0.3) is 5.56 Å². The maximum absolute atomic E-state index is 14.8. The number of hydrogen-bond donors (Lipinski definition) is 2. The van der Waals surface area contributed by atoms with Crippen LogP contribution in [0.4, 0.5) is 16.2 Å². The van der Waals surface area contributed by atoms with E-state index in [1.807, 2.05) is 13.0 Å². The van der Waals surface area contributed by atoms with Gasteiger partial charge in [0.1, 0.15) is 27.7 Å². The van der Waals surface area contributed by atoms with Gasteiger partial charge in [-0.05, 0) is 36.8 Å². The molecule has 0 aliphatic rings. The summed E-state index contributed by atoms with van der Waals surface area (Å²) >= 11 is 0. The quantitative estimate of drug-likeness (QED) is 0.282. The van der Waals surface area contributed by atoms with Crippen molar-refractivity contribution in [3.8, 4) is 16.8 Å². The molecule has 1 unspecified atom stereocenters. The third-order valence-electron chi connectivity index (χ3n) is 6.53. The van der Waals surface area contributed by atoms with Crippen LogP contribution in [0, 0.1) is 5.82 Å². The summed E-state index contributed by atoms with van der Waals surface area (Å²) in [5.41, 5.74) is 6.98. The highest BCUT2D eigenvalue weighted by Crippen LogP contribution is 2.32. The Labute approximate surface area is 235 Å². The van der Waals surface area contributed by atoms with Gasteiger partial charge in [-0.15, -0.1) is 0 Å². The fraction of sp³-hybridized carbons (Fsp3) is 0.179. The van der Waals surface area contributed by atoms with Crippen LogP contribution in [0.25, 0.3) is 27.7 Å². The van der Waals surface area contributed by atoms with Crippen LogP contribution in [0.2, 0.25) is 0 Å². The number of nitrogens with two attached hydrogens (primary N) is 1. The van der Waals surface area contributed by atoms with E-state index in [9.17, 15) is 17.6 Å². The molecule has 0 amide bonds. The normalized spacial score (nSPS) is 12.5. The monoisotopic (exact) mass is 574 g/mol. The predicted octanol–water partition coefficient (Wildman–Crippen LogP) is 3.77. The summed E-state index contributed by atoms with van der Waals surface area (Å²) in [6, 6.07) is 14.0. The van der Waals surface area contributed by atoms with E-state index in [4.69, 9.17) is 10.7 Å². The van der Waals surface area contributed by atoms with Crippen molar-refractivity contribution >= 4 is 32.7 Å². The average molecular weight is 575 g/mol. The van der Waals surface area contributed by atoms with E-state index in [1.54, 1.807) is 30.3 Å². The summed E-state index contributed by atoms with van der Waals surface area (Å²) in [5.74, 6) is -0.0842. The molecule has 2 aromatic carbocycles. The molecule has 5 aromatic rings. The zero-order valence-electron chi connectivity index (χ0n) is 22.5. The Balaban J connectivity index is 1.68. The molecule has 0 fully saturated rings. The zero-order valence-corrected chi connectivity index (χ0v) is 23.3. The predicted molar refractivity (Wildman–Crippen MR) is 155 cm³/mol. The van der Waals surface area contributed by atoms with Gasteiger partial charge in [0.2, 0.25) is 16.0 Å². The lowest BCUT2D eigenvalue weighted by Crippen LogP contribution is -2.29. The first-order valence-corrected chi connectivity index (χ1v) is 14.1. The molecule has 5 rings (SSSR count). The van der Waals surface area contributed by atoms with E-state index in [-0.39, 0.29) is 27.6 Å². The summed E-state index contributed by atoms with van der Waals surface area (Å²) in [6.45, 7) is 1.89. The Hall–Kier alpha value is -4.75. The molecule has 0 bridgehead atoms. The molecule has 11 nitrogen and oxygen atoms in total. The molecule has 13 heteroatoms. The SMILES string of the molecule is CCC(Nc1nc(N)ncc1-c1cncc(S(=O)(=O)N(C)C)c1)c1nc2cccc(F)c2c(=O)n1-c1ccccc1. The molecule has 0 aliphatic heterocycles.